The highest BCUT2D eigenvalue weighted by atomic mass is 15.1. The zero-order valence-electron chi connectivity index (χ0n) is 33.2. The molecule has 4 heteroatoms. The average Bonchev–Trinajstić information content (AvgIpc) is 3.91. The largest absolute Gasteiger partial charge is 0.294 e. The predicted molar refractivity (Wildman–Crippen MR) is 238 cm³/mol. The number of hydrogen-bond donors (Lipinski definition) is 0. The lowest BCUT2D eigenvalue weighted by molar-refractivity contribution is -0.691. The Morgan fingerprint density at radius 3 is 1.95 bits per heavy atom. The lowest BCUT2D eigenvalue weighted by atomic mass is 9.67. The van der Waals surface area contributed by atoms with E-state index in [0.717, 1.165) is 22.5 Å². The summed E-state index contributed by atoms with van der Waals surface area (Å²) in [4.78, 5) is 5.08. The Morgan fingerprint density at radius 1 is 0.552 bits per heavy atom. The average molecular weight is 748 g/mol. The van der Waals surface area contributed by atoms with Crippen LogP contribution in [0.1, 0.15) is 53.3 Å². The number of pyridine rings is 1. The lowest BCUT2D eigenvalue weighted by Gasteiger charge is -2.34. The Bertz CT molecular complexity index is 3180. The molecule has 0 N–H and O–H groups in total. The first kappa shape index (κ1) is 34.2. The van der Waals surface area contributed by atoms with Gasteiger partial charge in [0.1, 0.15) is 11.5 Å². The Hall–Kier alpha value is -7.04. The fraction of sp³-hybridized carbons (Fsp3) is 0.111. The smallest absolute Gasteiger partial charge is 0.250 e. The number of aromatic nitrogens is 4. The number of fused-ring (bicyclic) bond motifs is 7. The molecule has 0 saturated heterocycles. The molecule has 4 nitrogen and oxygen atoms in total. The van der Waals surface area contributed by atoms with Crippen molar-refractivity contribution in [1.29, 1.82) is 0 Å². The van der Waals surface area contributed by atoms with Crippen molar-refractivity contribution >= 4 is 32.8 Å². The summed E-state index contributed by atoms with van der Waals surface area (Å²) < 4.78 is 7.10. The number of nitrogens with zero attached hydrogens (tertiary/aromatic N) is 4. The van der Waals surface area contributed by atoms with E-state index in [1.807, 2.05) is 6.20 Å². The van der Waals surface area contributed by atoms with Gasteiger partial charge in [0.05, 0.1) is 22.5 Å². The molecule has 278 valence electrons. The summed E-state index contributed by atoms with van der Waals surface area (Å²) in [7, 11) is 0. The number of aryl methyl sites for hydroxylation is 2. The molecule has 7 aromatic carbocycles. The lowest BCUT2D eigenvalue weighted by Crippen LogP contribution is -2.34. The topological polar surface area (TPSA) is 26.6 Å². The molecule has 0 aliphatic heterocycles. The molecule has 0 spiro atoms. The standard InChI is InChI=1S/C54H43N4/c1-35(2)56-34-57(50-26-12-11-25-49(50)56)41-18-14-17-39(32-41)54(46-22-8-5-19-42(46)43-20-6-9-23-47(43)54)40-27-28-45-44-21-7-10-24-48(44)58(51(45)33-40)52-31-38(29-30-55-52)53-36(3)15-13-16-37(53)4/h5-35H,1-4H3/q+1. The van der Waals surface area contributed by atoms with Crippen molar-refractivity contribution in [3.8, 4) is 33.8 Å². The quantitative estimate of drug-likeness (QED) is 0.156. The van der Waals surface area contributed by atoms with Crippen molar-refractivity contribution in [2.24, 2.45) is 0 Å². The Morgan fingerprint density at radius 2 is 1.19 bits per heavy atom. The van der Waals surface area contributed by atoms with Gasteiger partial charge in [0, 0.05) is 17.0 Å². The van der Waals surface area contributed by atoms with Gasteiger partial charge in [-0.05, 0) is 132 Å². The molecule has 0 unspecified atom stereocenters. The van der Waals surface area contributed by atoms with Gasteiger partial charge in [0.15, 0.2) is 11.0 Å². The molecule has 0 radical (unpaired) electrons. The molecule has 1 aliphatic carbocycles. The second-order valence-electron chi connectivity index (χ2n) is 16.1. The van der Waals surface area contributed by atoms with E-state index >= 15 is 0 Å². The zero-order valence-corrected chi connectivity index (χ0v) is 33.2. The van der Waals surface area contributed by atoms with Crippen molar-refractivity contribution in [2.75, 3.05) is 0 Å². The van der Waals surface area contributed by atoms with E-state index < -0.39 is 5.41 Å². The highest BCUT2D eigenvalue weighted by molar-refractivity contribution is 6.09. The second kappa shape index (κ2) is 13.0. The minimum Gasteiger partial charge on any atom is -0.294 e. The molecule has 10 aromatic rings. The maximum atomic E-state index is 5.08. The first-order valence-electron chi connectivity index (χ1n) is 20.3. The Balaban J connectivity index is 1.20. The Kier molecular flexibility index (Phi) is 7.68. The van der Waals surface area contributed by atoms with Crippen LogP contribution in [0.4, 0.5) is 0 Å². The number of para-hydroxylation sites is 3. The SMILES string of the molecule is Cc1cccc(C)c1-c1ccnc(-n2c3ccccc3c3ccc(C4(c5cccc(-n6c[n+](C(C)C)c7ccccc76)c5)c5ccccc5-c5ccccc54)cc32)c1. The molecule has 0 amide bonds. The summed E-state index contributed by atoms with van der Waals surface area (Å²) in [5.74, 6) is 0.907. The molecule has 0 fully saturated rings. The van der Waals surface area contributed by atoms with Crippen LogP contribution in [0, 0.1) is 13.8 Å². The Labute approximate surface area is 338 Å². The maximum Gasteiger partial charge on any atom is 0.250 e. The third kappa shape index (κ3) is 4.88. The summed E-state index contributed by atoms with van der Waals surface area (Å²) >= 11 is 0. The highest BCUT2D eigenvalue weighted by Gasteiger charge is 2.46. The first-order valence-corrected chi connectivity index (χ1v) is 20.3. The van der Waals surface area contributed by atoms with Gasteiger partial charge in [-0.1, -0.05) is 121 Å². The number of benzene rings is 7. The van der Waals surface area contributed by atoms with Gasteiger partial charge >= 0.3 is 0 Å². The normalized spacial score (nSPS) is 13.1. The van der Waals surface area contributed by atoms with Gasteiger partial charge in [-0.3, -0.25) is 4.57 Å². The predicted octanol–water partition coefficient (Wildman–Crippen LogP) is 12.6. The van der Waals surface area contributed by atoms with E-state index in [9.17, 15) is 0 Å². The molecular weight excluding hydrogens is 705 g/mol. The molecular formula is C54H43N4+. The van der Waals surface area contributed by atoms with Gasteiger partial charge in [0.2, 0.25) is 6.33 Å². The van der Waals surface area contributed by atoms with Crippen LogP contribution in [0.3, 0.4) is 0 Å². The van der Waals surface area contributed by atoms with E-state index in [1.165, 1.54) is 77.4 Å². The van der Waals surface area contributed by atoms with E-state index in [0.29, 0.717) is 6.04 Å². The fourth-order valence-electron chi connectivity index (χ4n) is 10.1. The van der Waals surface area contributed by atoms with Crippen molar-refractivity contribution < 1.29 is 4.57 Å². The first-order chi connectivity index (χ1) is 28.4. The van der Waals surface area contributed by atoms with Gasteiger partial charge in [-0.2, -0.15) is 4.57 Å². The van der Waals surface area contributed by atoms with Gasteiger partial charge in [-0.25, -0.2) is 9.55 Å². The van der Waals surface area contributed by atoms with Crippen LogP contribution in [-0.4, -0.2) is 14.1 Å². The van der Waals surface area contributed by atoms with Crippen molar-refractivity contribution in [3.05, 3.63) is 216 Å². The van der Waals surface area contributed by atoms with Crippen LogP contribution < -0.4 is 4.57 Å². The van der Waals surface area contributed by atoms with E-state index in [1.54, 1.807) is 0 Å². The second-order valence-corrected chi connectivity index (χ2v) is 16.1. The number of hydrogen-bond acceptors (Lipinski definition) is 1. The molecule has 0 atom stereocenters. The third-order valence-corrected chi connectivity index (χ3v) is 12.6. The highest BCUT2D eigenvalue weighted by Crippen LogP contribution is 2.56. The van der Waals surface area contributed by atoms with Crippen molar-refractivity contribution in [2.45, 2.75) is 39.2 Å². The minimum absolute atomic E-state index is 0.323. The van der Waals surface area contributed by atoms with Crippen LogP contribution in [0.15, 0.2) is 182 Å². The summed E-state index contributed by atoms with van der Waals surface area (Å²) in [6.07, 6.45) is 4.23. The number of imidazole rings is 1. The molecule has 0 saturated carbocycles. The molecule has 1 aliphatic rings. The van der Waals surface area contributed by atoms with E-state index in [-0.39, 0.29) is 0 Å². The number of rotatable bonds is 6. The summed E-state index contributed by atoms with van der Waals surface area (Å²) in [5.41, 5.74) is 17.8. The van der Waals surface area contributed by atoms with E-state index in [2.05, 4.69) is 218 Å². The van der Waals surface area contributed by atoms with Crippen molar-refractivity contribution in [1.82, 2.24) is 14.1 Å². The molecule has 58 heavy (non-hydrogen) atoms. The van der Waals surface area contributed by atoms with Crippen LogP contribution in [-0.2, 0) is 5.41 Å². The summed E-state index contributed by atoms with van der Waals surface area (Å²) in [5, 5.41) is 2.42. The summed E-state index contributed by atoms with van der Waals surface area (Å²) in [6.45, 7) is 8.89. The molecule has 3 aromatic heterocycles. The van der Waals surface area contributed by atoms with Crippen LogP contribution in [0.25, 0.3) is 66.6 Å². The molecule has 11 rings (SSSR count). The molecule has 3 heterocycles. The van der Waals surface area contributed by atoms with Crippen LogP contribution in [0.2, 0.25) is 0 Å². The van der Waals surface area contributed by atoms with Crippen LogP contribution in [0.5, 0.6) is 0 Å². The van der Waals surface area contributed by atoms with Crippen LogP contribution >= 0.6 is 0 Å². The van der Waals surface area contributed by atoms with Gasteiger partial charge in [-0.15, -0.1) is 0 Å². The van der Waals surface area contributed by atoms with Gasteiger partial charge < -0.3 is 0 Å². The van der Waals surface area contributed by atoms with Crippen molar-refractivity contribution in [3.63, 3.8) is 0 Å². The third-order valence-electron chi connectivity index (χ3n) is 12.6. The zero-order chi connectivity index (χ0) is 39.1. The summed E-state index contributed by atoms with van der Waals surface area (Å²) in [6, 6.07) is 63.2. The fourth-order valence-corrected chi connectivity index (χ4v) is 10.1. The van der Waals surface area contributed by atoms with Gasteiger partial charge in [0.25, 0.3) is 0 Å². The monoisotopic (exact) mass is 747 g/mol. The minimum atomic E-state index is -0.594. The molecule has 0 bridgehead atoms. The maximum absolute atomic E-state index is 5.08. The van der Waals surface area contributed by atoms with E-state index in [4.69, 9.17) is 4.98 Å².